The summed E-state index contributed by atoms with van der Waals surface area (Å²) in [4.78, 5) is 20.6. The van der Waals surface area contributed by atoms with Crippen LogP contribution < -0.4 is 10.6 Å². The van der Waals surface area contributed by atoms with Gasteiger partial charge in [0.25, 0.3) is 5.91 Å². The largest absolute Gasteiger partial charge is 0.459 e. The first kappa shape index (κ1) is 21.8. The smallest absolute Gasteiger partial charge is 0.289 e. The molecule has 0 atom stereocenters. The molecule has 0 saturated carbocycles. The Morgan fingerprint density at radius 2 is 1.84 bits per heavy atom. The van der Waals surface area contributed by atoms with Crippen LogP contribution in [0.5, 0.6) is 0 Å². The molecule has 1 amide bonds. The summed E-state index contributed by atoms with van der Waals surface area (Å²) in [5.74, 6) is 1.24. The molecule has 0 radical (unpaired) electrons. The lowest BCUT2D eigenvalue weighted by molar-refractivity contribution is 0.0658. The van der Waals surface area contributed by atoms with Crippen molar-refractivity contribution in [3.05, 3.63) is 24.2 Å². The molecule has 1 aliphatic heterocycles. The van der Waals surface area contributed by atoms with Crippen LogP contribution in [0.2, 0.25) is 0 Å². The fraction of sp³-hybridized carbons (Fsp3) is 0.647. The van der Waals surface area contributed by atoms with Crippen molar-refractivity contribution in [2.75, 3.05) is 46.3 Å². The van der Waals surface area contributed by atoms with Crippen LogP contribution in [0.4, 0.5) is 0 Å². The second-order valence-electron chi connectivity index (χ2n) is 6.91. The van der Waals surface area contributed by atoms with Gasteiger partial charge in [-0.3, -0.25) is 9.79 Å². The van der Waals surface area contributed by atoms with Gasteiger partial charge in [0.15, 0.2) is 11.7 Å². The minimum atomic E-state index is -0.0445. The maximum atomic E-state index is 12.3. The van der Waals surface area contributed by atoms with Gasteiger partial charge in [-0.2, -0.15) is 0 Å². The van der Waals surface area contributed by atoms with Gasteiger partial charge in [-0.05, 0) is 32.9 Å². The zero-order chi connectivity index (χ0) is 17.6. The topological polar surface area (TPSA) is 73.1 Å². The maximum Gasteiger partial charge on any atom is 0.289 e. The van der Waals surface area contributed by atoms with Crippen LogP contribution in [0.15, 0.2) is 27.8 Å². The van der Waals surface area contributed by atoms with Crippen LogP contribution in [0.25, 0.3) is 0 Å². The fourth-order valence-electron chi connectivity index (χ4n) is 2.62. The molecule has 142 valence electrons. The van der Waals surface area contributed by atoms with E-state index in [1.807, 2.05) is 4.90 Å². The molecule has 0 spiro atoms. The Bertz CT molecular complexity index is 546. The molecule has 1 aromatic heterocycles. The summed E-state index contributed by atoms with van der Waals surface area (Å²) in [6.07, 6.45) is 1.53. The van der Waals surface area contributed by atoms with Crippen molar-refractivity contribution in [2.45, 2.75) is 26.3 Å². The Morgan fingerprint density at radius 1 is 1.20 bits per heavy atom. The summed E-state index contributed by atoms with van der Waals surface area (Å²) in [5, 5.41) is 6.82. The summed E-state index contributed by atoms with van der Waals surface area (Å²) in [6, 6.07) is 3.44. The number of hydrogen-bond acceptors (Lipinski definition) is 4. The molecule has 7 nitrogen and oxygen atoms in total. The minimum Gasteiger partial charge on any atom is -0.459 e. The zero-order valence-corrected chi connectivity index (χ0v) is 17.9. The lowest BCUT2D eigenvalue weighted by Gasteiger charge is -2.36. The number of furan rings is 1. The van der Waals surface area contributed by atoms with Crippen molar-refractivity contribution in [1.82, 2.24) is 20.4 Å². The molecule has 0 bridgehead atoms. The van der Waals surface area contributed by atoms with Crippen LogP contribution in [-0.4, -0.2) is 73.5 Å². The van der Waals surface area contributed by atoms with E-state index in [-0.39, 0.29) is 35.4 Å². The Hall–Kier alpha value is -1.29. The molecule has 1 fully saturated rings. The third kappa shape index (κ3) is 6.85. The standard InChI is InChI=1S/C17H29N5O2.HI/c1-17(2,3)20-8-7-19-16(18-4)22-11-9-21(10-12-22)15(23)14-6-5-13-24-14;/h5-6,13,20H,7-12H2,1-4H3,(H,18,19);1H. The molecule has 0 unspecified atom stereocenters. The lowest BCUT2D eigenvalue weighted by atomic mass is 10.1. The van der Waals surface area contributed by atoms with Gasteiger partial charge in [0.05, 0.1) is 6.26 Å². The van der Waals surface area contributed by atoms with E-state index in [1.54, 1.807) is 19.2 Å². The normalized spacial score (nSPS) is 15.8. The second kappa shape index (κ2) is 10.0. The number of piperazine rings is 1. The van der Waals surface area contributed by atoms with E-state index >= 15 is 0 Å². The van der Waals surface area contributed by atoms with E-state index in [0.29, 0.717) is 18.8 Å². The molecule has 0 aromatic carbocycles. The lowest BCUT2D eigenvalue weighted by Crippen LogP contribution is -2.54. The van der Waals surface area contributed by atoms with Crippen molar-refractivity contribution in [3.8, 4) is 0 Å². The number of guanidine groups is 1. The highest BCUT2D eigenvalue weighted by atomic mass is 127. The van der Waals surface area contributed by atoms with Crippen LogP contribution in [0.1, 0.15) is 31.3 Å². The quantitative estimate of drug-likeness (QED) is 0.307. The second-order valence-corrected chi connectivity index (χ2v) is 6.91. The highest BCUT2D eigenvalue weighted by molar-refractivity contribution is 14.0. The highest BCUT2D eigenvalue weighted by Gasteiger charge is 2.25. The number of carbonyl (C=O) groups excluding carboxylic acids is 1. The molecule has 0 aliphatic carbocycles. The number of nitrogens with one attached hydrogen (secondary N) is 2. The van der Waals surface area contributed by atoms with Crippen molar-refractivity contribution in [1.29, 1.82) is 0 Å². The zero-order valence-electron chi connectivity index (χ0n) is 15.5. The van der Waals surface area contributed by atoms with E-state index < -0.39 is 0 Å². The number of carbonyl (C=O) groups is 1. The number of halogens is 1. The van der Waals surface area contributed by atoms with E-state index in [9.17, 15) is 4.79 Å². The molecule has 1 aromatic rings. The highest BCUT2D eigenvalue weighted by Crippen LogP contribution is 2.09. The van der Waals surface area contributed by atoms with Gasteiger partial charge in [-0.25, -0.2) is 0 Å². The summed E-state index contributed by atoms with van der Waals surface area (Å²) < 4.78 is 5.19. The van der Waals surface area contributed by atoms with Gasteiger partial charge in [-0.1, -0.05) is 0 Å². The average molecular weight is 463 g/mol. The third-order valence-electron chi connectivity index (χ3n) is 3.87. The number of nitrogens with zero attached hydrogens (tertiary/aromatic N) is 3. The number of rotatable bonds is 4. The fourth-order valence-corrected chi connectivity index (χ4v) is 2.62. The van der Waals surface area contributed by atoms with Gasteiger partial charge < -0.3 is 24.9 Å². The molecule has 1 saturated heterocycles. The van der Waals surface area contributed by atoms with E-state index in [4.69, 9.17) is 4.42 Å². The SMILES string of the molecule is CN=C(NCCNC(C)(C)C)N1CCN(C(=O)c2ccco2)CC1.I. The Balaban J connectivity index is 0.00000312. The molecular formula is C17H30IN5O2. The summed E-state index contributed by atoms with van der Waals surface area (Å²) in [7, 11) is 1.79. The van der Waals surface area contributed by atoms with E-state index in [2.05, 4.69) is 41.3 Å². The van der Waals surface area contributed by atoms with E-state index in [1.165, 1.54) is 6.26 Å². The van der Waals surface area contributed by atoms with Crippen LogP contribution in [0.3, 0.4) is 0 Å². The van der Waals surface area contributed by atoms with Crippen LogP contribution in [-0.2, 0) is 0 Å². The first-order valence-corrected chi connectivity index (χ1v) is 8.44. The van der Waals surface area contributed by atoms with Crippen molar-refractivity contribution in [3.63, 3.8) is 0 Å². The van der Waals surface area contributed by atoms with Crippen molar-refractivity contribution >= 4 is 35.8 Å². The first-order valence-electron chi connectivity index (χ1n) is 8.44. The van der Waals surface area contributed by atoms with Crippen LogP contribution >= 0.6 is 24.0 Å². The van der Waals surface area contributed by atoms with Gasteiger partial charge in [-0.15, -0.1) is 24.0 Å². The number of amides is 1. The molecule has 2 heterocycles. The summed E-state index contributed by atoms with van der Waals surface area (Å²) >= 11 is 0. The molecule has 8 heteroatoms. The monoisotopic (exact) mass is 463 g/mol. The van der Waals surface area contributed by atoms with Gasteiger partial charge in [0.1, 0.15) is 0 Å². The number of aliphatic imine (C=N–C) groups is 1. The Morgan fingerprint density at radius 3 is 2.36 bits per heavy atom. The van der Waals surface area contributed by atoms with E-state index in [0.717, 1.165) is 32.1 Å². The molecular weight excluding hydrogens is 433 g/mol. The predicted molar refractivity (Wildman–Crippen MR) is 111 cm³/mol. The van der Waals surface area contributed by atoms with Gasteiger partial charge >= 0.3 is 0 Å². The third-order valence-corrected chi connectivity index (χ3v) is 3.87. The molecule has 2 rings (SSSR count). The Kier molecular flexibility index (Phi) is 8.70. The maximum absolute atomic E-state index is 12.3. The predicted octanol–water partition coefficient (Wildman–Crippen LogP) is 1.62. The molecule has 2 N–H and O–H groups in total. The van der Waals surface area contributed by atoms with Gasteiger partial charge in [0.2, 0.25) is 0 Å². The Labute approximate surface area is 167 Å². The average Bonchev–Trinajstić information content (AvgIpc) is 3.08. The van der Waals surface area contributed by atoms with Crippen molar-refractivity contribution < 1.29 is 9.21 Å². The minimum absolute atomic E-state index is 0. The summed E-state index contributed by atoms with van der Waals surface area (Å²) in [5.41, 5.74) is 0.114. The molecule has 1 aliphatic rings. The summed E-state index contributed by atoms with van der Waals surface area (Å²) in [6.45, 7) is 11.0. The first-order chi connectivity index (χ1) is 11.4. The van der Waals surface area contributed by atoms with Crippen molar-refractivity contribution in [2.24, 2.45) is 4.99 Å². The number of hydrogen-bond donors (Lipinski definition) is 2. The van der Waals surface area contributed by atoms with Crippen LogP contribution in [0, 0.1) is 0 Å². The molecule has 25 heavy (non-hydrogen) atoms. The van der Waals surface area contributed by atoms with Gasteiger partial charge in [0, 0.05) is 51.9 Å².